The van der Waals surface area contributed by atoms with Crippen molar-refractivity contribution >= 4 is 5.91 Å². The first kappa shape index (κ1) is 17.6. The molecule has 0 saturated heterocycles. The van der Waals surface area contributed by atoms with Crippen LogP contribution in [0.3, 0.4) is 0 Å². The third kappa shape index (κ3) is 10.2. The maximum absolute atomic E-state index is 10.8. The first-order valence-corrected chi connectivity index (χ1v) is 6.73. The van der Waals surface area contributed by atoms with Gasteiger partial charge in [-0.3, -0.25) is 4.79 Å². The Labute approximate surface area is 116 Å². The van der Waals surface area contributed by atoms with E-state index in [1.54, 1.807) is 7.05 Å². The van der Waals surface area contributed by atoms with E-state index in [0.717, 1.165) is 6.42 Å². The highest BCUT2D eigenvalue weighted by Crippen LogP contribution is 2.00. The molecule has 19 heavy (non-hydrogen) atoms. The van der Waals surface area contributed by atoms with Gasteiger partial charge in [0, 0.05) is 20.3 Å². The van der Waals surface area contributed by atoms with Crippen LogP contribution in [0.5, 0.6) is 0 Å². The summed E-state index contributed by atoms with van der Waals surface area (Å²) in [6, 6.07) is 10.0. The summed E-state index contributed by atoms with van der Waals surface area (Å²) in [5.41, 5.74) is 1.17. The molecule has 1 amide bonds. The van der Waals surface area contributed by atoms with Gasteiger partial charge in [-0.2, -0.15) is 0 Å². The average molecular weight is 267 g/mol. The second-order valence-electron chi connectivity index (χ2n) is 3.62. The number of carbonyl (C=O) groups is 1. The molecule has 1 aromatic carbocycles. The van der Waals surface area contributed by atoms with E-state index in [1.165, 1.54) is 5.56 Å². The molecule has 0 spiro atoms. The van der Waals surface area contributed by atoms with Gasteiger partial charge >= 0.3 is 0 Å². The Kier molecular flexibility index (Phi) is 12.1. The predicted molar refractivity (Wildman–Crippen MR) is 76.9 cm³/mol. The Morgan fingerprint density at radius 1 is 1.11 bits per heavy atom. The van der Waals surface area contributed by atoms with Gasteiger partial charge in [0.05, 0.1) is 6.61 Å². The van der Waals surface area contributed by atoms with Gasteiger partial charge in [-0.05, 0) is 12.0 Å². The van der Waals surface area contributed by atoms with E-state index in [1.807, 2.05) is 44.2 Å². The highest BCUT2D eigenvalue weighted by atomic mass is 16.5. The second kappa shape index (κ2) is 13.1. The van der Waals surface area contributed by atoms with Crippen LogP contribution < -0.4 is 5.32 Å². The number of hydrogen-bond donors (Lipinski definition) is 1. The van der Waals surface area contributed by atoms with Gasteiger partial charge in [-0.25, -0.2) is 0 Å². The molecule has 0 aromatic heterocycles. The Hall–Kier alpha value is -1.39. The Morgan fingerprint density at radius 3 is 2.37 bits per heavy atom. The van der Waals surface area contributed by atoms with Crippen molar-refractivity contribution in [2.45, 2.75) is 26.9 Å². The number of amides is 1. The molecule has 4 nitrogen and oxygen atoms in total. The Balaban J connectivity index is 0.00000154. The molecule has 108 valence electrons. The summed E-state index contributed by atoms with van der Waals surface area (Å²) < 4.78 is 10.6. The quantitative estimate of drug-likeness (QED) is 0.736. The zero-order chi connectivity index (χ0) is 14.3. The van der Waals surface area contributed by atoms with Crippen LogP contribution in [0.1, 0.15) is 25.8 Å². The molecular weight excluding hydrogens is 242 g/mol. The fraction of sp³-hybridized carbons (Fsp3) is 0.533. The molecule has 0 radical (unpaired) electrons. The minimum atomic E-state index is -0.102. The van der Waals surface area contributed by atoms with Crippen molar-refractivity contribution in [2.75, 3.05) is 26.9 Å². The number of carbonyl (C=O) groups excluding carboxylic acids is 1. The summed E-state index contributed by atoms with van der Waals surface area (Å²) >= 11 is 0. The molecule has 0 aliphatic heterocycles. The maximum Gasteiger partial charge on any atom is 0.245 e. The van der Waals surface area contributed by atoms with Crippen LogP contribution in [0.2, 0.25) is 0 Å². The number of rotatable bonds is 8. The number of nitrogens with one attached hydrogen (secondary N) is 1. The van der Waals surface area contributed by atoms with Crippen LogP contribution in [0.15, 0.2) is 30.3 Å². The fourth-order valence-corrected chi connectivity index (χ4v) is 1.26. The van der Waals surface area contributed by atoms with Crippen molar-refractivity contribution in [3.05, 3.63) is 35.9 Å². The predicted octanol–water partition coefficient (Wildman–Crippen LogP) is 2.38. The normalized spacial score (nSPS) is 9.42. The summed E-state index contributed by atoms with van der Waals surface area (Å²) in [5, 5.41) is 2.49. The van der Waals surface area contributed by atoms with Crippen LogP contribution in [0, 0.1) is 0 Å². The smallest absolute Gasteiger partial charge is 0.245 e. The molecule has 1 aromatic rings. The summed E-state index contributed by atoms with van der Waals surface area (Å²) in [4.78, 5) is 10.8. The molecule has 0 saturated carbocycles. The minimum absolute atomic E-state index is 0.102. The summed E-state index contributed by atoms with van der Waals surface area (Å²) in [6.07, 6.45) is 0.795. The molecule has 0 aliphatic carbocycles. The summed E-state index contributed by atoms with van der Waals surface area (Å²) in [5.74, 6) is -0.102. The molecular formula is C15H25NO3. The third-order valence-corrected chi connectivity index (χ3v) is 2.20. The van der Waals surface area contributed by atoms with Crippen LogP contribution >= 0.6 is 0 Å². The van der Waals surface area contributed by atoms with Crippen molar-refractivity contribution < 1.29 is 14.3 Å². The minimum Gasteiger partial charge on any atom is -0.377 e. The van der Waals surface area contributed by atoms with E-state index in [0.29, 0.717) is 19.8 Å². The lowest BCUT2D eigenvalue weighted by Gasteiger charge is -2.05. The lowest BCUT2D eigenvalue weighted by Crippen LogP contribution is -2.23. The second-order valence-corrected chi connectivity index (χ2v) is 3.62. The standard InChI is InChI=1S/C13H19NO3.C2H6/c1-14-13(15)11-17-9-5-8-16-10-12-6-3-2-4-7-12;1-2/h2-4,6-7H,5,8-11H2,1H3,(H,14,15);1-2H3. The topological polar surface area (TPSA) is 47.6 Å². The van der Waals surface area contributed by atoms with E-state index in [9.17, 15) is 4.79 Å². The number of hydrogen-bond acceptors (Lipinski definition) is 3. The van der Waals surface area contributed by atoms with E-state index < -0.39 is 0 Å². The van der Waals surface area contributed by atoms with Crippen molar-refractivity contribution in [3.63, 3.8) is 0 Å². The van der Waals surface area contributed by atoms with Gasteiger partial charge < -0.3 is 14.8 Å². The molecule has 0 heterocycles. The van der Waals surface area contributed by atoms with Gasteiger partial charge in [0.1, 0.15) is 6.61 Å². The molecule has 4 heteroatoms. The third-order valence-electron chi connectivity index (χ3n) is 2.20. The molecule has 0 bridgehead atoms. The largest absolute Gasteiger partial charge is 0.377 e. The van der Waals surface area contributed by atoms with Crippen molar-refractivity contribution in [1.82, 2.24) is 5.32 Å². The van der Waals surface area contributed by atoms with E-state index in [4.69, 9.17) is 9.47 Å². The summed E-state index contributed by atoms with van der Waals surface area (Å²) in [6.45, 7) is 5.93. The van der Waals surface area contributed by atoms with Crippen LogP contribution in [0.4, 0.5) is 0 Å². The first-order chi connectivity index (χ1) is 9.33. The maximum atomic E-state index is 10.8. The average Bonchev–Trinajstić information content (AvgIpc) is 2.49. The van der Waals surface area contributed by atoms with E-state index >= 15 is 0 Å². The SMILES string of the molecule is CC.CNC(=O)COCCCOCc1ccccc1. The van der Waals surface area contributed by atoms with Gasteiger partial charge in [0.2, 0.25) is 5.91 Å². The first-order valence-electron chi connectivity index (χ1n) is 6.73. The number of likely N-dealkylation sites (N-methyl/N-ethyl adjacent to an activating group) is 1. The van der Waals surface area contributed by atoms with Crippen LogP contribution in [-0.2, 0) is 20.9 Å². The lowest BCUT2D eigenvalue weighted by atomic mass is 10.2. The van der Waals surface area contributed by atoms with Gasteiger partial charge in [0.15, 0.2) is 0 Å². The lowest BCUT2D eigenvalue weighted by molar-refractivity contribution is -0.125. The zero-order valence-corrected chi connectivity index (χ0v) is 12.1. The van der Waals surface area contributed by atoms with Crippen LogP contribution in [0.25, 0.3) is 0 Å². The fourth-order valence-electron chi connectivity index (χ4n) is 1.26. The van der Waals surface area contributed by atoms with Crippen molar-refractivity contribution in [2.24, 2.45) is 0 Å². The van der Waals surface area contributed by atoms with Crippen molar-refractivity contribution in [1.29, 1.82) is 0 Å². The van der Waals surface area contributed by atoms with Crippen LogP contribution in [-0.4, -0.2) is 32.8 Å². The number of ether oxygens (including phenoxy) is 2. The van der Waals surface area contributed by atoms with Gasteiger partial charge in [-0.15, -0.1) is 0 Å². The zero-order valence-electron chi connectivity index (χ0n) is 12.1. The number of benzene rings is 1. The molecule has 0 fully saturated rings. The van der Waals surface area contributed by atoms with Gasteiger partial charge in [0.25, 0.3) is 0 Å². The Morgan fingerprint density at radius 2 is 1.74 bits per heavy atom. The highest BCUT2D eigenvalue weighted by Gasteiger charge is 1.97. The van der Waals surface area contributed by atoms with E-state index in [-0.39, 0.29) is 12.5 Å². The summed E-state index contributed by atoms with van der Waals surface area (Å²) in [7, 11) is 1.59. The van der Waals surface area contributed by atoms with Crippen molar-refractivity contribution in [3.8, 4) is 0 Å². The van der Waals surface area contributed by atoms with E-state index in [2.05, 4.69) is 5.32 Å². The van der Waals surface area contributed by atoms with Gasteiger partial charge in [-0.1, -0.05) is 44.2 Å². The molecule has 1 N–H and O–H groups in total. The molecule has 0 unspecified atom stereocenters. The monoisotopic (exact) mass is 267 g/mol. The molecule has 0 aliphatic rings. The highest BCUT2D eigenvalue weighted by molar-refractivity contribution is 5.76. The molecule has 0 atom stereocenters. The molecule has 1 rings (SSSR count). The Bertz CT molecular complexity index is 314.